The number of unbranched alkanes of at least 4 members (excludes halogenated alkanes) is 13. The minimum absolute atomic E-state index is 0.0460. The first kappa shape index (κ1) is 37.7. The number of nitrogens with zero attached hydrogens (tertiary/aromatic N) is 2. The molecule has 8 nitrogen and oxygen atoms in total. The Balaban J connectivity index is 2.66. The van der Waals surface area contributed by atoms with Crippen LogP contribution in [0.2, 0.25) is 5.02 Å². The number of hydrogen-bond donors (Lipinski definition) is 1. The van der Waals surface area contributed by atoms with E-state index in [0.717, 1.165) is 31.8 Å². The van der Waals surface area contributed by atoms with Gasteiger partial charge in [0.05, 0.1) is 41.0 Å². The first-order valence-corrected chi connectivity index (χ1v) is 17.6. The number of nitrogens with one attached hydrogen (secondary N) is 1. The highest BCUT2D eigenvalue weighted by Gasteiger charge is 2.25. The number of halogens is 1. The number of anilines is 1. The van der Waals surface area contributed by atoms with Crippen LogP contribution in [0.3, 0.4) is 0 Å². The molecule has 0 spiro atoms. The molecule has 0 atom stereocenters. The van der Waals surface area contributed by atoms with Crippen LogP contribution in [0.1, 0.15) is 117 Å². The van der Waals surface area contributed by atoms with Crippen molar-refractivity contribution in [3.05, 3.63) is 35.2 Å². The number of nitriles is 1. The zero-order valence-electron chi connectivity index (χ0n) is 26.0. The van der Waals surface area contributed by atoms with Gasteiger partial charge in [0.2, 0.25) is 10.0 Å². The lowest BCUT2D eigenvalue weighted by molar-refractivity contribution is -0.137. The van der Waals surface area contributed by atoms with E-state index in [1.165, 1.54) is 86.7 Å². The third-order valence-corrected chi connectivity index (χ3v) is 9.13. The molecule has 0 fully saturated rings. The van der Waals surface area contributed by atoms with Gasteiger partial charge in [-0.3, -0.25) is 0 Å². The normalized spacial score (nSPS) is 11.9. The Morgan fingerprint density at radius 2 is 1.43 bits per heavy atom. The second kappa shape index (κ2) is 23.2. The summed E-state index contributed by atoms with van der Waals surface area (Å²) in [6.45, 7) is 6.65. The van der Waals surface area contributed by atoms with Crippen LogP contribution in [0.25, 0.3) is 0 Å². The minimum atomic E-state index is -3.88. The average molecular weight is 626 g/mol. The fourth-order valence-electron chi connectivity index (χ4n) is 4.61. The van der Waals surface area contributed by atoms with Gasteiger partial charge >= 0.3 is 5.97 Å². The monoisotopic (exact) mass is 625 g/mol. The van der Waals surface area contributed by atoms with Gasteiger partial charge in [0.15, 0.2) is 5.88 Å². The Morgan fingerprint density at radius 1 is 0.881 bits per heavy atom. The molecule has 0 unspecified atom stereocenters. The van der Waals surface area contributed by atoms with Crippen LogP contribution >= 0.6 is 11.6 Å². The van der Waals surface area contributed by atoms with Gasteiger partial charge in [-0.05, 0) is 38.5 Å². The van der Waals surface area contributed by atoms with E-state index in [0.29, 0.717) is 6.54 Å². The topological polar surface area (TPSA) is 109 Å². The highest BCUT2D eigenvalue weighted by molar-refractivity contribution is 7.89. The quantitative estimate of drug-likeness (QED) is 0.0501. The molecule has 10 heteroatoms. The number of benzene rings is 1. The molecule has 0 radical (unpaired) electrons. The van der Waals surface area contributed by atoms with E-state index >= 15 is 0 Å². The van der Waals surface area contributed by atoms with Crippen molar-refractivity contribution in [1.29, 1.82) is 5.26 Å². The maximum atomic E-state index is 13.6. The third-order valence-electron chi connectivity index (χ3n) is 6.90. The predicted octanol–water partition coefficient (Wildman–Crippen LogP) is 8.58. The third kappa shape index (κ3) is 15.8. The smallest absolute Gasteiger partial charge is 0.336 e. The van der Waals surface area contributed by atoms with Gasteiger partial charge < -0.3 is 14.8 Å². The largest absolute Gasteiger partial charge is 0.479 e. The molecule has 0 amide bonds. The van der Waals surface area contributed by atoms with Crippen molar-refractivity contribution in [1.82, 2.24) is 4.31 Å². The molecule has 42 heavy (non-hydrogen) atoms. The summed E-state index contributed by atoms with van der Waals surface area (Å²) in [7, 11) is -3.88. The van der Waals surface area contributed by atoms with Crippen LogP contribution in [0, 0.1) is 11.3 Å². The number of hydrogen-bond acceptors (Lipinski definition) is 7. The molecule has 0 saturated carbocycles. The molecular weight excluding hydrogens is 574 g/mol. The summed E-state index contributed by atoms with van der Waals surface area (Å²) in [5.41, 5.74) is 0.276. The Morgan fingerprint density at radius 3 is 1.95 bits per heavy atom. The van der Waals surface area contributed by atoms with Gasteiger partial charge in [-0.25, -0.2) is 13.2 Å². The lowest BCUT2D eigenvalue weighted by atomic mass is 10.0. The molecule has 0 aliphatic rings. The predicted molar refractivity (Wildman–Crippen MR) is 171 cm³/mol. The van der Waals surface area contributed by atoms with Crippen LogP contribution in [-0.4, -0.2) is 45.0 Å². The van der Waals surface area contributed by atoms with Crippen LogP contribution in [-0.2, 0) is 24.3 Å². The maximum Gasteiger partial charge on any atom is 0.336 e. The lowest BCUT2D eigenvalue weighted by Gasteiger charge is -2.22. The first-order chi connectivity index (χ1) is 20.3. The fraction of sp³-hybridized carbons (Fsp3) is 0.688. The SMILES string of the molecule is CCCCCCCCCCCCCCCCN(CCC#N)S(=O)(=O)c1ccc(Cl)c(N/C(=C/C(=O)OCC)OCC)c1. The Kier molecular flexibility index (Phi) is 20.9. The van der Waals surface area contributed by atoms with Crippen molar-refractivity contribution in [2.45, 2.75) is 122 Å². The number of esters is 1. The Labute approximate surface area is 259 Å². The Bertz CT molecular complexity index is 1070. The molecule has 1 N–H and O–H groups in total. The van der Waals surface area contributed by atoms with Gasteiger partial charge in [0, 0.05) is 19.5 Å². The van der Waals surface area contributed by atoms with Gasteiger partial charge in [-0.15, -0.1) is 0 Å². The molecule has 1 aromatic carbocycles. The van der Waals surface area contributed by atoms with Crippen molar-refractivity contribution < 1.29 is 22.7 Å². The van der Waals surface area contributed by atoms with Crippen LogP contribution in [0.15, 0.2) is 35.1 Å². The van der Waals surface area contributed by atoms with Gasteiger partial charge in [0.25, 0.3) is 0 Å². The standard InChI is InChI=1S/C32H52ClN3O5S/c1-4-7-8-9-10-11-12-13-14-15-16-17-18-19-24-36(25-20-23-34)42(38,39)28-21-22-29(33)30(26-28)35-31(40-5-2)27-32(37)41-6-3/h21-22,26-27,35H,4-20,24-25H2,1-3H3/b31-27-. The van der Waals surface area contributed by atoms with E-state index in [2.05, 4.69) is 18.3 Å². The van der Waals surface area contributed by atoms with Crippen molar-refractivity contribution >= 4 is 33.3 Å². The summed E-state index contributed by atoms with van der Waals surface area (Å²) in [5, 5.41) is 12.3. The van der Waals surface area contributed by atoms with Gasteiger partial charge in [0.1, 0.15) is 0 Å². The minimum Gasteiger partial charge on any atom is -0.479 e. The van der Waals surface area contributed by atoms with E-state index in [4.69, 9.17) is 26.3 Å². The molecule has 0 saturated heterocycles. The lowest BCUT2D eigenvalue weighted by Crippen LogP contribution is -2.33. The highest BCUT2D eigenvalue weighted by atomic mass is 35.5. The summed E-state index contributed by atoms with van der Waals surface area (Å²) in [6, 6.07) is 6.41. The number of carbonyl (C=O) groups is 1. The van der Waals surface area contributed by atoms with Crippen LogP contribution in [0.4, 0.5) is 5.69 Å². The highest BCUT2D eigenvalue weighted by Crippen LogP contribution is 2.29. The molecule has 0 aliphatic carbocycles. The van der Waals surface area contributed by atoms with Crippen LogP contribution in [0.5, 0.6) is 0 Å². The second-order valence-corrected chi connectivity index (χ2v) is 12.7. The molecule has 0 aliphatic heterocycles. The number of sulfonamides is 1. The summed E-state index contributed by atoms with van der Waals surface area (Å²) in [5.74, 6) is -0.500. The second-order valence-electron chi connectivity index (χ2n) is 10.4. The van der Waals surface area contributed by atoms with E-state index in [9.17, 15) is 13.2 Å². The van der Waals surface area contributed by atoms with Crippen molar-refractivity contribution in [2.24, 2.45) is 0 Å². The maximum absolute atomic E-state index is 13.6. The van der Waals surface area contributed by atoms with Crippen molar-refractivity contribution in [3.8, 4) is 6.07 Å². The molecule has 0 heterocycles. The molecule has 1 aromatic rings. The van der Waals surface area contributed by atoms with E-state index < -0.39 is 16.0 Å². The van der Waals surface area contributed by atoms with Crippen LogP contribution < -0.4 is 5.32 Å². The van der Waals surface area contributed by atoms with Crippen molar-refractivity contribution in [2.75, 3.05) is 31.6 Å². The number of rotatable bonds is 25. The van der Waals surface area contributed by atoms with E-state index in [1.807, 2.05) is 0 Å². The van der Waals surface area contributed by atoms with Crippen molar-refractivity contribution in [3.63, 3.8) is 0 Å². The van der Waals surface area contributed by atoms with Gasteiger partial charge in [-0.2, -0.15) is 9.57 Å². The summed E-state index contributed by atoms with van der Waals surface area (Å²) in [4.78, 5) is 12.0. The summed E-state index contributed by atoms with van der Waals surface area (Å²) in [6.07, 6.45) is 18.4. The summed E-state index contributed by atoms with van der Waals surface area (Å²) >= 11 is 6.34. The zero-order chi connectivity index (χ0) is 31.1. The zero-order valence-corrected chi connectivity index (χ0v) is 27.5. The Hall–Kier alpha value is -2.28. The summed E-state index contributed by atoms with van der Waals surface area (Å²) < 4.78 is 38.9. The molecular formula is C32H52ClN3O5S. The molecule has 0 aromatic heterocycles. The molecule has 1 rings (SSSR count). The van der Waals surface area contributed by atoms with E-state index in [1.54, 1.807) is 13.8 Å². The molecule has 0 bridgehead atoms. The first-order valence-electron chi connectivity index (χ1n) is 15.7. The van der Waals surface area contributed by atoms with Gasteiger partial charge in [-0.1, -0.05) is 102 Å². The fourth-order valence-corrected chi connectivity index (χ4v) is 6.28. The molecule has 238 valence electrons. The van der Waals surface area contributed by atoms with E-state index in [-0.39, 0.29) is 47.7 Å². The number of carbonyl (C=O) groups excluding carboxylic acids is 1. The average Bonchev–Trinajstić information content (AvgIpc) is 2.96. The number of ether oxygens (including phenoxy) is 2.